The van der Waals surface area contributed by atoms with Crippen LogP contribution in [0.4, 0.5) is 5.69 Å². The molecule has 0 aliphatic rings. The Morgan fingerprint density at radius 3 is 2.36 bits per heavy atom. The number of benzene rings is 2. The molecule has 5 rings (SSSR count). The normalized spacial score (nSPS) is 11.1. The number of amides is 2. The van der Waals surface area contributed by atoms with Gasteiger partial charge in [-0.3, -0.25) is 14.4 Å². The summed E-state index contributed by atoms with van der Waals surface area (Å²) in [5.74, 6) is -0.0347. The van der Waals surface area contributed by atoms with Gasteiger partial charge in [-0.25, -0.2) is 4.98 Å². The molecule has 0 unspecified atom stereocenters. The summed E-state index contributed by atoms with van der Waals surface area (Å²) < 4.78 is 8.76. The molecule has 0 saturated carbocycles. The van der Waals surface area contributed by atoms with Gasteiger partial charge in [0, 0.05) is 43.5 Å². The lowest BCUT2D eigenvalue weighted by molar-refractivity contribution is 0.0961. The molecule has 3 aromatic heterocycles. The Morgan fingerprint density at radius 2 is 1.72 bits per heavy atom. The van der Waals surface area contributed by atoms with Gasteiger partial charge in [0.1, 0.15) is 5.76 Å². The molecule has 3 heterocycles. The molecule has 0 saturated heterocycles. The van der Waals surface area contributed by atoms with E-state index in [1.54, 1.807) is 51.5 Å². The van der Waals surface area contributed by atoms with Crippen LogP contribution >= 0.6 is 0 Å². The first-order valence-corrected chi connectivity index (χ1v) is 12.6. The Hall–Kier alpha value is -4.92. The van der Waals surface area contributed by atoms with Crippen molar-refractivity contribution in [2.75, 3.05) is 12.4 Å². The van der Waals surface area contributed by atoms with Gasteiger partial charge in [-0.2, -0.15) is 4.74 Å². The van der Waals surface area contributed by atoms with Crippen LogP contribution in [0.5, 0.6) is 0 Å². The maximum atomic E-state index is 13.4. The highest BCUT2D eigenvalue weighted by atomic mass is 16.5. The second-order valence-electron chi connectivity index (χ2n) is 9.29. The number of nitrogens with zero attached hydrogens (tertiary/aromatic N) is 3. The Labute approximate surface area is 225 Å². The minimum Gasteiger partial charge on any atom is -0.381 e. The maximum absolute atomic E-state index is 13.4. The molecule has 0 spiro atoms. The molecule has 0 bridgehead atoms. The lowest BCUT2D eigenvalue weighted by Gasteiger charge is -2.12. The van der Waals surface area contributed by atoms with E-state index in [4.69, 9.17) is 4.52 Å². The molecule has 0 aliphatic carbocycles. The Morgan fingerprint density at radius 1 is 1.00 bits per heavy atom. The third-order valence-corrected chi connectivity index (χ3v) is 6.94. The lowest BCUT2D eigenvalue weighted by atomic mass is 10.0. The van der Waals surface area contributed by atoms with Crippen molar-refractivity contribution in [3.63, 3.8) is 0 Å². The quantitative estimate of drug-likeness (QED) is 0.329. The molecule has 9 nitrogen and oxygen atoms in total. The predicted molar refractivity (Wildman–Crippen MR) is 151 cm³/mol. The SMILES string of the molecule is CCn1c(-c2ccc(-c3c(C)on(C)c3=O)cc2)c(C)c2ccnc(C(=O)Nc3cccc(C(=O)NC)c3)c21. The van der Waals surface area contributed by atoms with Gasteiger partial charge in [-0.15, -0.1) is 0 Å². The van der Waals surface area contributed by atoms with E-state index in [1.165, 1.54) is 4.74 Å². The van der Waals surface area contributed by atoms with Gasteiger partial charge in [-0.1, -0.05) is 30.3 Å². The van der Waals surface area contributed by atoms with Crippen molar-refractivity contribution < 1.29 is 14.1 Å². The zero-order valence-corrected chi connectivity index (χ0v) is 22.5. The molecular formula is C30H29N5O4. The van der Waals surface area contributed by atoms with Crippen LogP contribution in [-0.2, 0) is 13.6 Å². The van der Waals surface area contributed by atoms with Gasteiger partial charge >= 0.3 is 0 Å². The average Bonchev–Trinajstić information content (AvgIpc) is 3.38. The third kappa shape index (κ3) is 4.41. The molecule has 198 valence electrons. The fourth-order valence-corrected chi connectivity index (χ4v) is 5.12. The summed E-state index contributed by atoms with van der Waals surface area (Å²) >= 11 is 0. The van der Waals surface area contributed by atoms with Gasteiger partial charge < -0.3 is 19.7 Å². The number of anilines is 1. The van der Waals surface area contributed by atoms with E-state index in [1.807, 2.05) is 44.2 Å². The first kappa shape index (κ1) is 25.7. The summed E-state index contributed by atoms with van der Waals surface area (Å²) in [7, 11) is 3.15. The summed E-state index contributed by atoms with van der Waals surface area (Å²) in [6, 6.07) is 16.5. The second-order valence-corrected chi connectivity index (χ2v) is 9.29. The van der Waals surface area contributed by atoms with Gasteiger partial charge in [-0.05, 0) is 61.7 Å². The second kappa shape index (κ2) is 10.1. The van der Waals surface area contributed by atoms with E-state index < -0.39 is 0 Å². The highest BCUT2D eigenvalue weighted by Gasteiger charge is 2.22. The molecule has 2 N–H and O–H groups in total. The van der Waals surface area contributed by atoms with Gasteiger partial charge in [0.05, 0.1) is 16.8 Å². The predicted octanol–water partition coefficient (Wildman–Crippen LogP) is 4.91. The summed E-state index contributed by atoms with van der Waals surface area (Å²) in [6.45, 7) is 6.44. The molecule has 0 fully saturated rings. The molecule has 2 amide bonds. The van der Waals surface area contributed by atoms with Crippen molar-refractivity contribution >= 4 is 28.4 Å². The van der Waals surface area contributed by atoms with E-state index >= 15 is 0 Å². The molecule has 5 aromatic rings. The molecular weight excluding hydrogens is 494 g/mol. The Kier molecular flexibility index (Phi) is 6.66. The lowest BCUT2D eigenvalue weighted by Crippen LogP contribution is -2.19. The minimum absolute atomic E-state index is 0.179. The highest BCUT2D eigenvalue weighted by Crippen LogP contribution is 2.35. The Bertz CT molecular complexity index is 1790. The van der Waals surface area contributed by atoms with Crippen LogP contribution in [0.3, 0.4) is 0 Å². The van der Waals surface area contributed by atoms with E-state index in [0.29, 0.717) is 34.8 Å². The standard InChI is InChI=1S/C30H29N5O4/c1-6-35-26(20-12-10-19(11-13-20)24-18(3)39-34(5)30(24)38)17(2)23-14-15-32-25(27(23)35)29(37)33-22-9-7-8-21(16-22)28(36)31-4/h7-16H,6H2,1-5H3,(H,31,36)(H,33,37). The van der Waals surface area contributed by atoms with Crippen molar-refractivity contribution in [3.8, 4) is 22.4 Å². The Balaban J connectivity index is 1.56. The number of carbonyl (C=O) groups is 2. The van der Waals surface area contributed by atoms with Gasteiger partial charge in [0.25, 0.3) is 17.4 Å². The third-order valence-electron chi connectivity index (χ3n) is 6.94. The summed E-state index contributed by atoms with van der Waals surface area (Å²) in [6.07, 6.45) is 1.63. The monoisotopic (exact) mass is 523 g/mol. The van der Waals surface area contributed by atoms with Crippen molar-refractivity contribution in [2.24, 2.45) is 7.05 Å². The van der Waals surface area contributed by atoms with Crippen LogP contribution in [0, 0.1) is 13.8 Å². The first-order chi connectivity index (χ1) is 18.7. The number of nitrogens with one attached hydrogen (secondary N) is 2. The van der Waals surface area contributed by atoms with E-state index in [0.717, 1.165) is 33.3 Å². The van der Waals surface area contributed by atoms with Crippen molar-refractivity contribution in [3.05, 3.63) is 93.7 Å². The molecule has 9 heteroatoms. The van der Waals surface area contributed by atoms with Gasteiger partial charge in [0.2, 0.25) is 0 Å². The zero-order chi connectivity index (χ0) is 27.8. The molecule has 39 heavy (non-hydrogen) atoms. The highest BCUT2D eigenvalue weighted by molar-refractivity contribution is 6.12. The average molecular weight is 524 g/mol. The largest absolute Gasteiger partial charge is 0.381 e. The number of fused-ring (bicyclic) bond motifs is 1. The molecule has 0 aliphatic heterocycles. The van der Waals surface area contributed by atoms with Gasteiger partial charge in [0.15, 0.2) is 5.69 Å². The number of hydrogen-bond acceptors (Lipinski definition) is 5. The molecule has 0 radical (unpaired) electrons. The van der Waals surface area contributed by atoms with E-state index in [-0.39, 0.29) is 17.4 Å². The van der Waals surface area contributed by atoms with Crippen LogP contribution in [-0.4, -0.2) is 33.2 Å². The van der Waals surface area contributed by atoms with Crippen LogP contribution < -0.4 is 16.2 Å². The van der Waals surface area contributed by atoms with Crippen LogP contribution in [0.25, 0.3) is 33.3 Å². The topological polar surface area (TPSA) is 111 Å². The maximum Gasteiger partial charge on any atom is 0.290 e. The molecule has 0 atom stereocenters. The number of aromatic nitrogens is 3. The van der Waals surface area contributed by atoms with Crippen LogP contribution in [0.1, 0.15) is 39.1 Å². The zero-order valence-electron chi connectivity index (χ0n) is 22.5. The first-order valence-electron chi connectivity index (χ1n) is 12.6. The van der Waals surface area contributed by atoms with Crippen molar-refractivity contribution in [1.82, 2.24) is 19.6 Å². The van der Waals surface area contributed by atoms with Crippen molar-refractivity contribution in [2.45, 2.75) is 27.3 Å². The number of pyridine rings is 1. The van der Waals surface area contributed by atoms with E-state index in [2.05, 4.69) is 20.2 Å². The number of carbonyl (C=O) groups excluding carboxylic acids is 2. The molecule has 2 aromatic carbocycles. The minimum atomic E-state index is -0.366. The smallest absolute Gasteiger partial charge is 0.290 e. The van der Waals surface area contributed by atoms with Crippen molar-refractivity contribution in [1.29, 1.82) is 0 Å². The fraction of sp³-hybridized carbons (Fsp3) is 0.200. The fourth-order valence-electron chi connectivity index (χ4n) is 5.12. The number of hydrogen-bond donors (Lipinski definition) is 2. The van der Waals surface area contributed by atoms with Crippen LogP contribution in [0.15, 0.2) is 70.1 Å². The number of rotatable bonds is 6. The summed E-state index contributed by atoms with van der Waals surface area (Å²) in [5, 5.41) is 6.41. The summed E-state index contributed by atoms with van der Waals surface area (Å²) in [5.41, 5.74) is 6.07. The summed E-state index contributed by atoms with van der Waals surface area (Å²) in [4.78, 5) is 42.4. The van der Waals surface area contributed by atoms with Crippen LogP contribution in [0.2, 0.25) is 0 Å². The van der Waals surface area contributed by atoms with E-state index in [9.17, 15) is 14.4 Å². The number of aryl methyl sites for hydroxylation is 4.